The lowest BCUT2D eigenvalue weighted by Crippen LogP contribution is -2.36. The summed E-state index contributed by atoms with van der Waals surface area (Å²) < 4.78 is 5.24. The Morgan fingerprint density at radius 1 is 1.03 bits per heavy atom. The largest absolute Gasteiger partial charge is 0.444 e. The summed E-state index contributed by atoms with van der Waals surface area (Å²) in [5.41, 5.74) is 1.51. The molecule has 3 N–H and O–H groups in total. The van der Waals surface area contributed by atoms with Crippen LogP contribution >= 0.6 is 11.3 Å². The van der Waals surface area contributed by atoms with E-state index >= 15 is 0 Å². The zero-order chi connectivity index (χ0) is 25.5. The van der Waals surface area contributed by atoms with Crippen LogP contribution in [0.5, 0.6) is 0 Å². The van der Waals surface area contributed by atoms with Crippen molar-refractivity contribution in [3.8, 4) is 0 Å². The maximum Gasteiger partial charge on any atom is 0.412 e. The van der Waals surface area contributed by atoms with E-state index in [1.54, 1.807) is 47.0 Å². The number of anilines is 2. The standard InChI is InChI=1S/C23H31N5O5S/c1-14(29)25-21-27-17(19(34-21)20(31)24-13-18(30)28(5)6)12-9-15-7-10-16(11-8-15)26-22(32)33-23(2,3)4/h7-8,10-11H,9,12-13H2,1-6H3,(H,24,31)(H,26,32)(H,25,27,29). The second-order valence-electron chi connectivity index (χ2n) is 8.77. The third-order valence-electron chi connectivity index (χ3n) is 4.34. The molecule has 0 aliphatic heterocycles. The predicted octanol–water partition coefficient (Wildman–Crippen LogP) is 3.05. The zero-order valence-electron chi connectivity index (χ0n) is 20.3. The summed E-state index contributed by atoms with van der Waals surface area (Å²) in [4.78, 5) is 53.9. The quantitative estimate of drug-likeness (QED) is 0.523. The highest BCUT2D eigenvalue weighted by Gasteiger charge is 2.20. The molecule has 0 aliphatic carbocycles. The summed E-state index contributed by atoms with van der Waals surface area (Å²) >= 11 is 1.06. The number of benzene rings is 1. The lowest BCUT2D eigenvalue weighted by atomic mass is 10.1. The highest BCUT2D eigenvalue weighted by molar-refractivity contribution is 7.17. The van der Waals surface area contributed by atoms with Gasteiger partial charge in [-0.2, -0.15) is 0 Å². The van der Waals surface area contributed by atoms with Crippen LogP contribution in [0.3, 0.4) is 0 Å². The van der Waals surface area contributed by atoms with Gasteiger partial charge >= 0.3 is 6.09 Å². The summed E-state index contributed by atoms with van der Waals surface area (Å²) in [6, 6.07) is 7.26. The molecule has 1 aromatic heterocycles. The molecule has 4 amide bonds. The molecule has 0 saturated heterocycles. The van der Waals surface area contributed by atoms with Crippen molar-refractivity contribution < 1.29 is 23.9 Å². The molecule has 0 atom stereocenters. The van der Waals surface area contributed by atoms with Gasteiger partial charge in [-0.25, -0.2) is 9.78 Å². The number of ether oxygens (including phenoxy) is 1. The maximum atomic E-state index is 12.7. The molecule has 0 radical (unpaired) electrons. The Morgan fingerprint density at radius 2 is 1.68 bits per heavy atom. The molecule has 34 heavy (non-hydrogen) atoms. The van der Waals surface area contributed by atoms with Gasteiger partial charge in [0.05, 0.1) is 12.2 Å². The molecule has 0 bridgehead atoms. The summed E-state index contributed by atoms with van der Waals surface area (Å²) in [7, 11) is 3.21. The first-order chi connectivity index (χ1) is 15.8. The molecule has 0 aliphatic rings. The number of aryl methyl sites for hydroxylation is 2. The Hall–Kier alpha value is -3.47. The van der Waals surface area contributed by atoms with Gasteiger partial charge in [0.2, 0.25) is 11.8 Å². The zero-order valence-corrected chi connectivity index (χ0v) is 21.1. The number of likely N-dealkylation sites (N-methyl/N-ethyl adjacent to an activating group) is 1. The molecule has 1 aromatic carbocycles. The van der Waals surface area contributed by atoms with Crippen LogP contribution in [0, 0.1) is 0 Å². The first-order valence-electron chi connectivity index (χ1n) is 10.7. The molecule has 10 nitrogen and oxygen atoms in total. The highest BCUT2D eigenvalue weighted by Crippen LogP contribution is 2.25. The summed E-state index contributed by atoms with van der Waals surface area (Å²) in [5, 5.41) is 8.21. The topological polar surface area (TPSA) is 130 Å². The number of hydrogen-bond donors (Lipinski definition) is 3. The van der Waals surface area contributed by atoms with Crippen molar-refractivity contribution in [1.82, 2.24) is 15.2 Å². The number of nitrogens with zero attached hydrogens (tertiary/aromatic N) is 2. The second-order valence-corrected chi connectivity index (χ2v) is 9.77. The fourth-order valence-electron chi connectivity index (χ4n) is 2.74. The third-order valence-corrected chi connectivity index (χ3v) is 5.35. The van der Waals surface area contributed by atoms with Crippen molar-refractivity contribution in [3.05, 3.63) is 40.4 Å². The number of aromatic nitrogens is 1. The van der Waals surface area contributed by atoms with Gasteiger partial charge in [-0.15, -0.1) is 0 Å². The van der Waals surface area contributed by atoms with Crippen LogP contribution in [0.4, 0.5) is 15.6 Å². The smallest absolute Gasteiger partial charge is 0.412 e. The van der Waals surface area contributed by atoms with Crippen molar-refractivity contribution in [3.63, 3.8) is 0 Å². The molecule has 184 valence electrons. The number of hydrogen-bond acceptors (Lipinski definition) is 7. The van der Waals surface area contributed by atoms with Crippen LogP contribution in [-0.4, -0.2) is 59.9 Å². The minimum atomic E-state index is -0.586. The van der Waals surface area contributed by atoms with Crippen LogP contribution < -0.4 is 16.0 Å². The highest BCUT2D eigenvalue weighted by atomic mass is 32.1. The van der Waals surface area contributed by atoms with Gasteiger partial charge in [0.15, 0.2) is 5.13 Å². The van der Waals surface area contributed by atoms with Gasteiger partial charge in [0.25, 0.3) is 5.91 Å². The van der Waals surface area contributed by atoms with Crippen LogP contribution in [0.15, 0.2) is 24.3 Å². The van der Waals surface area contributed by atoms with E-state index < -0.39 is 17.6 Å². The molecular weight excluding hydrogens is 458 g/mol. The number of carbonyl (C=O) groups is 4. The molecule has 2 aromatic rings. The number of nitrogens with one attached hydrogen (secondary N) is 3. The monoisotopic (exact) mass is 489 g/mol. The molecule has 11 heteroatoms. The molecule has 0 spiro atoms. The Labute approximate surface area is 203 Å². The second kappa shape index (κ2) is 11.6. The van der Waals surface area contributed by atoms with E-state index in [0.29, 0.717) is 34.2 Å². The van der Waals surface area contributed by atoms with Gasteiger partial charge in [-0.1, -0.05) is 23.5 Å². The van der Waals surface area contributed by atoms with E-state index in [0.717, 1.165) is 16.9 Å². The molecule has 0 saturated carbocycles. The number of thiazole rings is 1. The Balaban J connectivity index is 2.06. The number of rotatable bonds is 8. The van der Waals surface area contributed by atoms with Crippen molar-refractivity contribution in [2.75, 3.05) is 31.3 Å². The van der Waals surface area contributed by atoms with E-state index in [2.05, 4.69) is 20.9 Å². The van der Waals surface area contributed by atoms with E-state index in [-0.39, 0.29) is 18.4 Å². The number of amides is 4. The molecule has 0 unspecified atom stereocenters. The van der Waals surface area contributed by atoms with E-state index in [9.17, 15) is 19.2 Å². The SMILES string of the molecule is CC(=O)Nc1nc(CCc2ccc(NC(=O)OC(C)(C)C)cc2)c(C(=O)NCC(=O)N(C)C)s1. The summed E-state index contributed by atoms with van der Waals surface area (Å²) in [5.74, 6) is -0.944. The summed E-state index contributed by atoms with van der Waals surface area (Å²) in [6.45, 7) is 6.61. The first kappa shape index (κ1) is 26.8. The fraction of sp³-hybridized carbons (Fsp3) is 0.435. The molecule has 1 heterocycles. The van der Waals surface area contributed by atoms with E-state index in [1.165, 1.54) is 11.8 Å². The minimum Gasteiger partial charge on any atom is -0.444 e. The van der Waals surface area contributed by atoms with Crippen molar-refractivity contribution in [1.29, 1.82) is 0 Å². The third kappa shape index (κ3) is 8.81. The van der Waals surface area contributed by atoms with Crippen molar-refractivity contribution in [2.45, 2.75) is 46.1 Å². The fourth-order valence-corrected chi connectivity index (χ4v) is 3.71. The molecular formula is C23H31N5O5S. The Kier molecular flexibility index (Phi) is 9.13. The van der Waals surface area contributed by atoms with Crippen LogP contribution in [0.25, 0.3) is 0 Å². The minimum absolute atomic E-state index is 0.134. The maximum absolute atomic E-state index is 12.7. The van der Waals surface area contributed by atoms with Gasteiger partial charge in [0, 0.05) is 26.7 Å². The lowest BCUT2D eigenvalue weighted by molar-refractivity contribution is -0.127. The molecule has 2 rings (SSSR count). The van der Waals surface area contributed by atoms with Crippen molar-refractivity contribution in [2.24, 2.45) is 0 Å². The van der Waals surface area contributed by atoms with Crippen LogP contribution in [0.2, 0.25) is 0 Å². The predicted molar refractivity (Wildman–Crippen MR) is 131 cm³/mol. The molecule has 0 fully saturated rings. The van der Waals surface area contributed by atoms with Crippen LogP contribution in [-0.2, 0) is 27.2 Å². The number of carbonyl (C=O) groups excluding carboxylic acids is 4. The average Bonchev–Trinajstić information content (AvgIpc) is 3.11. The van der Waals surface area contributed by atoms with E-state index in [1.807, 2.05) is 12.1 Å². The summed E-state index contributed by atoms with van der Waals surface area (Å²) in [6.07, 6.45) is 0.489. The lowest BCUT2D eigenvalue weighted by Gasteiger charge is -2.19. The van der Waals surface area contributed by atoms with Gasteiger partial charge in [0.1, 0.15) is 10.5 Å². The van der Waals surface area contributed by atoms with Gasteiger partial charge in [-0.3, -0.25) is 19.7 Å². The van der Waals surface area contributed by atoms with Gasteiger partial charge < -0.3 is 20.3 Å². The Bertz CT molecular complexity index is 1040. The van der Waals surface area contributed by atoms with Crippen molar-refractivity contribution >= 4 is 46.0 Å². The van der Waals surface area contributed by atoms with Crippen LogP contribution in [0.1, 0.15) is 48.6 Å². The normalized spacial score (nSPS) is 10.9. The van der Waals surface area contributed by atoms with Gasteiger partial charge in [-0.05, 0) is 51.3 Å². The van der Waals surface area contributed by atoms with E-state index in [4.69, 9.17) is 4.74 Å². The Morgan fingerprint density at radius 3 is 2.24 bits per heavy atom. The first-order valence-corrected chi connectivity index (χ1v) is 11.5. The average molecular weight is 490 g/mol.